The lowest BCUT2D eigenvalue weighted by Crippen LogP contribution is -2.30. The molecule has 1 saturated heterocycles. The number of anilines is 1. The molecule has 192 valence electrons. The highest BCUT2D eigenvalue weighted by Crippen LogP contribution is 2.45. The number of hydrogen-bond donors (Lipinski definition) is 1. The van der Waals surface area contributed by atoms with E-state index in [2.05, 4.69) is 15.9 Å². The average molecular weight is 574 g/mol. The van der Waals surface area contributed by atoms with E-state index in [1.165, 1.54) is 26.4 Å². The molecule has 3 aromatic rings. The molecule has 0 bridgehead atoms. The molecule has 1 amide bonds. The zero-order chi connectivity index (χ0) is 26.9. The molecule has 1 N–H and O–H groups in total. The summed E-state index contributed by atoms with van der Waals surface area (Å²) in [6, 6.07) is 10.7. The topological polar surface area (TPSA) is 85.3 Å². The number of methoxy groups -OCH3 is 2. The van der Waals surface area contributed by atoms with Crippen molar-refractivity contribution in [2.45, 2.75) is 13.0 Å². The van der Waals surface area contributed by atoms with Crippen LogP contribution >= 0.6 is 15.9 Å². The van der Waals surface area contributed by atoms with Gasteiger partial charge in [0, 0.05) is 11.6 Å². The van der Waals surface area contributed by atoms with E-state index in [-0.39, 0.29) is 16.8 Å². The normalized spacial score (nSPS) is 16.7. The summed E-state index contributed by atoms with van der Waals surface area (Å²) in [6.07, 6.45) is 0. The van der Waals surface area contributed by atoms with Crippen molar-refractivity contribution in [1.82, 2.24) is 0 Å². The molecule has 3 aromatic carbocycles. The molecule has 0 saturated carbocycles. The van der Waals surface area contributed by atoms with Gasteiger partial charge in [-0.1, -0.05) is 6.07 Å². The molecule has 1 aliphatic rings. The number of ether oxygens (including phenoxy) is 3. The van der Waals surface area contributed by atoms with E-state index in [1.807, 2.05) is 0 Å². The van der Waals surface area contributed by atoms with Crippen molar-refractivity contribution in [1.29, 1.82) is 0 Å². The van der Waals surface area contributed by atoms with E-state index in [4.69, 9.17) is 14.2 Å². The van der Waals surface area contributed by atoms with Crippen LogP contribution in [0, 0.1) is 11.6 Å². The van der Waals surface area contributed by atoms with Crippen LogP contribution in [0.5, 0.6) is 17.2 Å². The van der Waals surface area contributed by atoms with Gasteiger partial charge in [-0.15, -0.1) is 0 Å². The number of halogens is 3. The van der Waals surface area contributed by atoms with Crippen LogP contribution in [0.15, 0.2) is 64.6 Å². The second-order valence-electron chi connectivity index (χ2n) is 7.96. The monoisotopic (exact) mass is 573 g/mol. The summed E-state index contributed by atoms with van der Waals surface area (Å²) in [7, 11) is 2.93. The fourth-order valence-electron chi connectivity index (χ4n) is 4.17. The Morgan fingerprint density at radius 1 is 0.973 bits per heavy atom. The van der Waals surface area contributed by atoms with Gasteiger partial charge in [0.2, 0.25) is 0 Å². The first-order valence-corrected chi connectivity index (χ1v) is 11.9. The second kappa shape index (κ2) is 10.6. The molecule has 0 aliphatic carbocycles. The Labute approximate surface area is 220 Å². The number of benzene rings is 3. The Kier molecular flexibility index (Phi) is 7.49. The summed E-state index contributed by atoms with van der Waals surface area (Å²) in [4.78, 5) is 27.5. The van der Waals surface area contributed by atoms with Gasteiger partial charge < -0.3 is 19.3 Å². The summed E-state index contributed by atoms with van der Waals surface area (Å²) in [5, 5.41) is 11.3. The van der Waals surface area contributed by atoms with Crippen LogP contribution in [-0.4, -0.2) is 37.6 Å². The van der Waals surface area contributed by atoms with Crippen molar-refractivity contribution >= 4 is 39.1 Å². The molecule has 0 spiro atoms. The van der Waals surface area contributed by atoms with Gasteiger partial charge in [0.05, 0.1) is 42.6 Å². The van der Waals surface area contributed by atoms with E-state index >= 15 is 0 Å². The van der Waals surface area contributed by atoms with Crippen molar-refractivity contribution in [3.05, 3.63) is 87.4 Å². The van der Waals surface area contributed by atoms with Gasteiger partial charge in [-0.25, -0.2) is 8.78 Å². The molecule has 0 radical (unpaired) electrons. The first-order chi connectivity index (χ1) is 17.7. The van der Waals surface area contributed by atoms with Crippen LogP contribution in [-0.2, 0) is 9.59 Å². The molecule has 1 atom stereocenters. The number of Topliss-reactive ketones (excluding diaryl/α,β-unsaturated/α-hetero) is 1. The van der Waals surface area contributed by atoms with Gasteiger partial charge in [0.15, 0.2) is 11.5 Å². The average Bonchev–Trinajstić information content (AvgIpc) is 3.14. The van der Waals surface area contributed by atoms with Crippen molar-refractivity contribution < 1.29 is 37.7 Å². The first-order valence-electron chi connectivity index (χ1n) is 11.1. The zero-order valence-corrected chi connectivity index (χ0v) is 21.6. The third-order valence-corrected chi connectivity index (χ3v) is 6.46. The minimum atomic E-state index is -1.26. The molecule has 1 heterocycles. The molecule has 10 heteroatoms. The van der Waals surface area contributed by atoms with Gasteiger partial charge in [-0.3, -0.25) is 14.5 Å². The lowest BCUT2D eigenvalue weighted by molar-refractivity contribution is -0.132. The standard InChI is InChI=1S/C27H22BrF2NO6/c1-4-37-22-12-14(5-10-21(22)36-3)24-23(25(32)15-6-9-20(35-2)17(28)11-15)26(33)27(34)31(24)19-8-7-16(29)13-18(19)30/h5-13,24,32H,4H2,1-3H3/b25-23+. The van der Waals surface area contributed by atoms with Crippen LogP contribution < -0.4 is 19.1 Å². The maximum atomic E-state index is 14.9. The highest BCUT2D eigenvalue weighted by atomic mass is 79.9. The maximum absolute atomic E-state index is 14.9. The van der Waals surface area contributed by atoms with Crippen LogP contribution in [0.3, 0.4) is 0 Å². The lowest BCUT2D eigenvalue weighted by Gasteiger charge is -2.26. The summed E-state index contributed by atoms with van der Waals surface area (Å²) in [6.45, 7) is 2.07. The van der Waals surface area contributed by atoms with Gasteiger partial charge in [-0.05, 0) is 70.9 Å². The SMILES string of the molecule is CCOc1cc(C2/C(=C(\O)c3ccc(OC)c(Br)c3)C(=O)C(=O)N2c2ccc(F)cc2F)ccc1OC. The number of aliphatic hydroxyl groups excluding tert-OH is 1. The molecule has 1 fully saturated rings. The maximum Gasteiger partial charge on any atom is 0.300 e. The van der Waals surface area contributed by atoms with Crippen molar-refractivity contribution in [2.24, 2.45) is 0 Å². The molecule has 4 rings (SSSR count). The van der Waals surface area contributed by atoms with E-state index in [0.29, 0.717) is 40.0 Å². The highest BCUT2D eigenvalue weighted by Gasteiger charge is 2.48. The van der Waals surface area contributed by atoms with Crippen molar-refractivity contribution in [3.8, 4) is 17.2 Å². The Morgan fingerprint density at radius 3 is 2.30 bits per heavy atom. The quantitative estimate of drug-likeness (QED) is 0.219. The summed E-state index contributed by atoms with van der Waals surface area (Å²) in [5.74, 6) is -3.29. The van der Waals surface area contributed by atoms with Crippen LogP contribution in [0.25, 0.3) is 5.76 Å². The summed E-state index contributed by atoms with van der Waals surface area (Å²) >= 11 is 3.34. The van der Waals surface area contributed by atoms with Gasteiger partial charge in [-0.2, -0.15) is 0 Å². The summed E-state index contributed by atoms with van der Waals surface area (Å²) in [5.41, 5.74) is -0.0502. The van der Waals surface area contributed by atoms with Gasteiger partial charge >= 0.3 is 0 Å². The third kappa shape index (κ3) is 4.76. The molecule has 0 aromatic heterocycles. The van der Waals surface area contributed by atoms with E-state index in [0.717, 1.165) is 17.0 Å². The van der Waals surface area contributed by atoms with Crippen LogP contribution in [0.4, 0.5) is 14.5 Å². The third-order valence-electron chi connectivity index (χ3n) is 5.84. The minimum Gasteiger partial charge on any atom is -0.507 e. The molecule has 37 heavy (non-hydrogen) atoms. The number of amides is 1. The van der Waals surface area contributed by atoms with Crippen LogP contribution in [0.1, 0.15) is 24.1 Å². The minimum absolute atomic E-state index is 0.216. The number of rotatable bonds is 7. The number of hydrogen-bond acceptors (Lipinski definition) is 6. The first kappa shape index (κ1) is 26.2. The molecular formula is C27H22BrF2NO6. The molecule has 1 unspecified atom stereocenters. The highest BCUT2D eigenvalue weighted by molar-refractivity contribution is 9.10. The zero-order valence-electron chi connectivity index (χ0n) is 20.1. The van der Waals surface area contributed by atoms with E-state index in [1.54, 1.807) is 31.2 Å². The molecule has 7 nitrogen and oxygen atoms in total. The van der Waals surface area contributed by atoms with E-state index in [9.17, 15) is 23.5 Å². The number of carbonyl (C=O) groups excluding carboxylic acids is 2. The van der Waals surface area contributed by atoms with Gasteiger partial charge in [0.1, 0.15) is 23.1 Å². The Morgan fingerprint density at radius 2 is 1.68 bits per heavy atom. The molecule has 1 aliphatic heterocycles. The predicted octanol–water partition coefficient (Wildman–Crippen LogP) is 5.77. The van der Waals surface area contributed by atoms with Crippen LogP contribution in [0.2, 0.25) is 0 Å². The van der Waals surface area contributed by atoms with Crippen molar-refractivity contribution in [2.75, 3.05) is 25.7 Å². The predicted molar refractivity (Wildman–Crippen MR) is 136 cm³/mol. The number of nitrogens with zero attached hydrogens (tertiary/aromatic N) is 1. The number of ketones is 1. The number of carbonyl (C=O) groups is 2. The largest absolute Gasteiger partial charge is 0.507 e. The Balaban J connectivity index is 1.98. The summed E-state index contributed by atoms with van der Waals surface area (Å²) < 4.78 is 45.3. The second-order valence-corrected chi connectivity index (χ2v) is 8.81. The van der Waals surface area contributed by atoms with Crippen molar-refractivity contribution in [3.63, 3.8) is 0 Å². The smallest absolute Gasteiger partial charge is 0.300 e. The Bertz CT molecular complexity index is 1420. The fourth-order valence-corrected chi connectivity index (χ4v) is 4.71. The number of aliphatic hydroxyl groups is 1. The Hall–Kier alpha value is -3.92. The van der Waals surface area contributed by atoms with Gasteiger partial charge in [0.25, 0.3) is 11.7 Å². The lowest BCUT2D eigenvalue weighted by atomic mass is 9.94. The van der Waals surface area contributed by atoms with E-state index < -0.39 is 35.1 Å². The molecular weight excluding hydrogens is 552 g/mol. The fraction of sp³-hybridized carbons (Fsp3) is 0.185.